The number of halogens is 1. The molecule has 0 spiro atoms. The van der Waals surface area contributed by atoms with Crippen LogP contribution in [0.4, 0.5) is 0 Å². The Morgan fingerprint density at radius 3 is 2.74 bits per heavy atom. The third-order valence-corrected chi connectivity index (χ3v) is 6.28. The Kier molecular flexibility index (Phi) is 5.85. The number of fused-ring (bicyclic) bond motifs is 1. The molecule has 0 amide bonds. The Bertz CT molecular complexity index is 1130. The van der Waals surface area contributed by atoms with Crippen molar-refractivity contribution in [2.24, 2.45) is 7.05 Å². The van der Waals surface area contributed by atoms with Crippen molar-refractivity contribution in [1.29, 1.82) is 0 Å². The van der Waals surface area contributed by atoms with Gasteiger partial charge in [-0.3, -0.25) is 4.68 Å². The number of thiophene rings is 1. The number of carbonyl (C=O) groups is 1. The molecule has 2 aromatic heterocycles. The number of ether oxygens (including phenoxy) is 2. The number of benzene rings is 1. The molecule has 1 aliphatic rings. The first kappa shape index (κ1) is 21.9. The van der Waals surface area contributed by atoms with Gasteiger partial charge in [0.2, 0.25) is 0 Å². The van der Waals surface area contributed by atoms with Crippen molar-refractivity contribution < 1.29 is 19.4 Å². The molecule has 0 fully saturated rings. The molecule has 31 heavy (non-hydrogen) atoms. The van der Waals surface area contributed by atoms with E-state index < -0.39 is 17.7 Å². The molecule has 3 aromatic rings. The van der Waals surface area contributed by atoms with Gasteiger partial charge in [-0.15, -0.1) is 11.3 Å². The third kappa shape index (κ3) is 4.49. The van der Waals surface area contributed by atoms with Crippen LogP contribution in [0.2, 0.25) is 4.34 Å². The van der Waals surface area contributed by atoms with Gasteiger partial charge < -0.3 is 14.6 Å². The van der Waals surface area contributed by atoms with Gasteiger partial charge in [-0.1, -0.05) is 17.7 Å². The zero-order chi connectivity index (χ0) is 22.3. The first-order valence-electron chi connectivity index (χ1n) is 10.1. The summed E-state index contributed by atoms with van der Waals surface area (Å²) in [6.45, 7) is 6.24. The first-order chi connectivity index (χ1) is 14.6. The van der Waals surface area contributed by atoms with Crippen molar-refractivity contribution in [3.05, 3.63) is 45.9 Å². The van der Waals surface area contributed by atoms with E-state index in [1.807, 2.05) is 45.0 Å². The molecule has 0 radical (unpaired) electrons. The minimum absolute atomic E-state index is 0.499. The molecule has 164 valence electrons. The van der Waals surface area contributed by atoms with Crippen LogP contribution in [0.15, 0.2) is 30.3 Å². The summed E-state index contributed by atoms with van der Waals surface area (Å²) in [5.74, 6) is -0.182. The van der Waals surface area contributed by atoms with Gasteiger partial charge in [-0.25, -0.2) is 4.79 Å². The molecule has 1 N–H and O–H groups in total. The second-order valence-electron chi connectivity index (χ2n) is 8.56. The highest BCUT2D eigenvalue weighted by Crippen LogP contribution is 2.43. The predicted octanol–water partition coefficient (Wildman–Crippen LogP) is 5.73. The number of carboxylic acid groups (broad SMARTS) is 1. The van der Waals surface area contributed by atoms with Gasteiger partial charge in [-0.05, 0) is 69.0 Å². The maximum atomic E-state index is 12.3. The smallest absolute Gasteiger partial charge is 0.339 e. The van der Waals surface area contributed by atoms with Gasteiger partial charge in [0.15, 0.2) is 6.10 Å². The topological polar surface area (TPSA) is 73.6 Å². The molecule has 0 aliphatic carbocycles. The molecule has 0 saturated heterocycles. The Morgan fingerprint density at radius 2 is 2.10 bits per heavy atom. The summed E-state index contributed by atoms with van der Waals surface area (Å²) < 4.78 is 14.0. The van der Waals surface area contributed by atoms with Crippen molar-refractivity contribution in [2.75, 3.05) is 6.61 Å². The predicted molar refractivity (Wildman–Crippen MR) is 122 cm³/mol. The van der Waals surface area contributed by atoms with Crippen LogP contribution in [0, 0.1) is 0 Å². The summed E-state index contributed by atoms with van der Waals surface area (Å²) in [5, 5.41) is 14.8. The Labute approximate surface area is 190 Å². The van der Waals surface area contributed by atoms with Crippen molar-refractivity contribution in [3.8, 4) is 27.4 Å². The first-order valence-corrected chi connectivity index (χ1v) is 11.3. The Morgan fingerprint density at radius 1 is 1.32 bits per heavy atom. The van der Waals surface area contributed by atoms with Crippen LogP contribution < -0.4 is 4.74 Å². The molecular weight excluding hydrogens is 436 g/mol. The SMILES string of the molecule is Cn1nc(-c2ccc(Cl)s2)c(-c2ccc3c(c2)CCCO3)c1C(OC(C)(C)C)C(=O)O. The Hall–Kier alpha value is -2.35. The summed E-state index contributed by atoms with van der Waals surface area (Å²) in [6.07, 6.45) is 0.693. The van der Waals surface area contributed by atoms with Crippen LogP contribution in [-0.2, 0) is 23.0 Å². The van der Waals surface area contributed by atoms with Crippen LogP contribution in [0.3, 0.4) is 0 Å². The molecule has 1 atom stereocenters. The summed E-state index contributed by atoms with van der Waals surface area (Å²) in [7, 11) is 1.75. The van der Waals surface area contributed by atoms with Gasteiger partial charge in [0.25, 0.3) is 0 Å². The van der Waals surface area contributed by atoms with Crippen LogP contribution in [0.1, 0.15) is 44.6 Å². The zero-order valence-corrected chi connectivity index (χ0v) is 19.5. The van der Waals surface area contributed by atoms with Gasteiger partial charge in [0.05, 0.1) is 27.1 Å². The van der Waals surface area contributed by atoms with E-state index in [4.69, 9.17) is 26.2 Å². The van der Waals surface area contributed by atoms with Gasteiger partial charge in [0.1, 0.15) is 11.4 Å². The maximum Gasteiger partial charge on any atom is 0.339 e. The zero-order valence-electron chi connectivity index (χ0n) is 17.9. The van der Waals surface area contributed by atoms with Crippen molar-refractivity contribution in [1.82, 2.24) is 9.78 Å². The second-order valence-corrected chi connectivity index (χ2v) is 10.3. The number of aryl methyl sites for hydroxylation is 2. The van der Waals surface area contributed by atoms with Crippen molar-refractivity contribution >= 4 is 28.9 Å². The van der Waals surface area contributed by atoms with E-state index in [9.17, 15) is 9.90 Å². The summed E-state index contributed by atoms with van der Waals surface area (Å²) in [5.41, 5.74) is 3.27. The molecular formula is C23H25ClN2O4S. The van der Waals surface area contributed by atoms with Crippen LogP contribution in [0.5, 0.6) is 5.75 Å². The van der Waals surface area contributed by atoms with Crippen LogP contribution >= 0.6 is 22.9 Å². The highest BCUT2D eigenvalue weighted by molar-refractivity contribution is 7.19. The summed E-state index contributed by atoms with van der Waals surface area (Å²) in [4.78, 5) is 13.2. The summed E-state index contributed by atoms with van der Waals surface area (Å²) in [6, 6.07) is 9.71. The molecule has 0 bridgehead atoms. The average Bonchev–Trinajstić information content (AvgIpc) is 3.28. The standard InChI is InChI=1S/C23H25ClN2O4S/c1-23(2,3)30-21(22(27)28)20-18(14-7-8-15-13(12-14)6-5-11-29-15)19(25-26(20)4)16-9-10-17(24)31-16/h7-10,12,21H,5-6,11H2,1-4H3,(H,27,28). The monoisotopic (exact) mass is 460 g/mol. The fraction of sp³-hybridized carbons (Fsp3) is 0.391. The van der Waals surface area contributed by atoms with E-state index in [0.717, 1.165) is 40.2 Å². The molecule has 3 heterocycles. The van der Waals surface area contributed by atoms with E-state index in [2.05, 4.69) is 6.07 Å². The van der Waals surface area contributed by atoms with Crippen LogP contribution in [0.25, 0.3) is 21.7 Å². The molecule has 1 aromatic carbocycles. The number of hydrogen-bond donors (Lipinski definition) is 1. The second kappa shape index (κ2) is 8.30. The number of hydrogen-bond acceptors (Lipinski definition) is 5. The number of nitrogens with zero attached hydrogens (tertiary/aromatic N) is 2. The lowest BCUT2D eigenvalue weighted by Crippen LogP contribution is -2.29. The van der Waals surface area contributed by atoms with Gasteiger partial charge in [0, 0.05) is 12.6 Å². The van der Waals surface area contributed by atoms with Gasteiger partial charge in [-0.2, -0.15) is 5.10 Å². The van der Waals surface area contributed by atoms with E-state index in [1.165, 1.54) is 11.3 Å². The lowest BCUT2D eigenvalue weighted by molar-refractivity contribution is -0.161. The molecule has 6 nitrogen and oxygen atoms in total. The number of aliphatic carboxylic acids is 1. The van der Waals surface area contributed by atoms with Crippen molar-refractivity contribution in [2.45, 2.75) is 45.3 Å². The third-order valence-electron chi connectivity index (χ3n) is 5.04. The fourth-order valence-corrected chi connectivity index (χ4v) is 4.86. The summed E-state index contributed by atoms with van der Waals surface area (Å²) >= 11 is 7.61. The van der Waals surface area contributed by atoms with E-state index in [-0.39, 0.29) is 0 Å². The average molecular weight is 461 g/mol. The minimum atomic E-state index is -1.18. The lowest BCUT2D eigenvalue weighted by atomic mass is 9.95. The Balaban J connectivity index is 1.95. The molecule has 4 rings (SSSR count). The minimum Gasteiger partial charge on any atom is -0.493 e. The van der Waals surface area contributed by atoms with E-state index >= 15 is 0 Å². The molecule has 1 aliphatic heterocycles. The maximum absolute atomic E-state index is 12.3. The van der Waals surface area contributed by atoms with Gasteiger partial charge >= 0.3 is 5.97 Å². The number of carboxylic acids is 1. The molecule has 0 saturated carbocycles. The normalized spacial score (nSPS) is 14.7. The lowest BCUT2D eigenvalue weighted by Gasteiger charge is -2.26. The highest BCUT2D eigenvalue weighted by Gasteiger charge is 2.34. The largest absolute Gasteiger partial charge is 0.493 e. The number of rotatable bonds is 5. The highest BCUT2D eigenvalue weighted by atomic mass is 35.5. The quantitative estimate of drug-likeness (QED) is 0.526. The number of aromatic nitrogens is 2. The molecule has 8 heteroatoms. The molecule has 1 unspecified atom stereocenters. The van der Waals surface area contributed by atoms with Crippen molar-refractivity contribution in [3.63, 3.8) is 0 Å². The fourth-order valence-electron chi connectivity index (χ4n) is 3.83. The van der Waals surface area contributed by atoms with Crippen LogP contribution in [-0.4, -0.2) is 33.1 Å². The van der Waals surface area contributed by atoms with E-state index in [1.54, 1.807) is 11.7 Å². The van der Waals surface area contributed by atoms with E-state index in [0.29, 0.717) is 22.3 Å².